The third-order valence-electron chi connectivity index (χ3n) is 3.75. The molecule has 0 fully saturated rings. The van der Waals surface area contributed by atoms with Gasteiger partial charge in [0.25, 0.3) is 0 Å². The first kappa shape index (κ1) is 14.8. The third kappa shape index (κ3) is 3.93. The molecule has 0 bridgehead atoms. The van der Waals surface area contributed by atoms with E-state index in [2.05, 4.69) is 55.2 Å². The van der Waals surface area contributed by atoms with Crippen LogP contribution in [0.4, 0.5) is 0 Å². The second-order valence-corrected chi connectivity index (χ2v) is 5.42. The standard InChI is InChI=1S/C19H25N/c1-3-5-7-10-16(9-6-4-2)17-12-13-19-18(15-17)11-8-14-20-19/h7-8,10-16H,3-6,9H2,1-2H3/b10-7+. The van der Waals surface area contributed by atoms with Gasteiger partial charge in [0.2, 0.25) is 0 Å². The Kier molecular flexibility index (Phi) is 5.79. The molecule has 2 aromatic rings. The molecular weight excluding hydrogens is 242 g/mol. The number of fused-ring (bicyclic) bond motifs is 1. The average Bonchev–Trinajstić information content (AvgIpc) is 2.50. The van der Waals surface area contributed by atoms with Gasteiger partial charge in [-0.2, -0.15) is 0 Å². The van der Waals surface area contributed by atoms with Crippen LogP contribution < -0.4 is 0 Å². The van der Waals surface area contributed by atoms with Crippen LogP contribution in [0.25, 0.3) is 10.9 Å². The number of aromatic nitrogens is 1. The van der Waals surface area contributed by atoms with Gasteiger partial charge < -0.3 is 0 Å². The summed E-state index contributed by atoms with van der Waals surface area (Å²) in [5.74, 6) is 0.547. The maximum atomic E-state index is 4.40. The van der Waals surface area contributed by atoms with E-state index in [1.807, 2.05) is 12.3 Å². The minimum Gasteiger partial charge on any atom is -0.256 e. The number of pyridine rings is 1. The molecule has 106 valence electrons. The van der Waals surface area contributed by atoms with Crippen molar-refractivity contribution in [2.75, 3.05) is 0 Å². The van der Waals surface area contributed by atoms with Crippen molar-refractivity contribution in [1.82, 2.24) is 4.98 Å². The molecule has 0 aliphatic heterocycles. The van der Waals surface area contributed by atoms with Crippen LogP contribution in [-0.4, -0.2) is 4.98 Å². The zero-order chi connectivity index (χ0) is 14.2. The lowest BCUT2D eigenvalue weighted by Gasteiger charge is -2.13. The fourth-order valence-corrected chi connectivity index (χ4v) is 2.55. The zero-order valence-electron chi connectivity index (χ0n) is 12.7. The molecule has 20 heavy (non-hydrogen) atoms. The van der Waals surface area contributed by atoms with Crippen molar-refractivity contribution in [2.24, 2.45) is 0 Å². The highest BCUT2D eigenvalue weighted by atomic mass is 14.6. The Hall–Kier alpha value is -1.63. The summed E-state index contributed by atoms with van der Waals surface area (Å²) in [6.45, 7) is 4.49. The molecule has 2 rings (SSSR count). The smallest absolute Gasteiger partial charge is 0.0702 e. The summed E-state index contributed by atoms with van der Waals surface area (Å²) in [5.41, 5.74) is 2.51. The fourth-order valence-electron chi connectivity index (χ4n) is 2.55. The highest BCUT2D eigenvalue weighted by molar-refractivity contribution is 5.79. The first-order valence-corrected chi connectivity index (χ1v) is 7.86. The Labute approximate surface area is 122 Å². The predicted molar refractivity (Wildman–Crippen MR) is 88.1 cm³/mol. The van der Waals surface area contributed by atoms with Crippen LogP contribution in [0.15, 0.2) is 48.7 Å². The lowest BCUT2D eigenvalue weighted by atomic mass is 9.92. The van der Waals surface area contributed by atoms with Gasteiger partial charge in [-0.25, -0.2) is 0 Å². The van der Waals surface area contributed by atoms with Gasteiger partial charge >= 0.3 is 0 Å². The lowest BCUT2D eigenvalue weighted by molar-refractivity contribution is 0.662. The lowest BCUT2D eigenvalue weighted by Crippen LogP contribution is -1.96. The molecule has 0 radical (unpaired) electrons. The minimum absolute atomic E-state index is 0.547. The number of nitrogens with zero attached hydrogens (tertiary/aromatic N) is 1. The maximum absolute atomic E-state index is 4.40. The largest absolute Gasteiger partial charge is 0.256 e. The van der Waals surface area contributed by atoms with Gasteiger partial charge in [-0.1, -0.05) is 57.4 Å². The molecule has 0 spiro atoms. The molecule has 1 atom stereocenters. The van der Waals surface area contributed by atoms with E-state index >= 15 is 0 Å². The Morgan fingerprint density at radius 3 is 2.85 bits per heavy atom. The van der Waals surface area contributed by atoms with E-state index in [1.54, 1.807) is 0 Å². The van der Waals surface area contributed by atoms with E-state index in [0.717, 1.165) is 5.52 Å². The van der Waals surface area contributed by atoms with Crippen molar-refractivity contribution < 1.29 is 0 Å². The maximum Gasteiger partial charge on any atom is 0.0702 e. The molecule has 1 unspecified atom stereocenters. The topological polar surface area (TPSA) is 12.9 Å². The molecule has 1 heteroatoms. The molecule has 1 heterocycles. The molecule has 0 saturated heterocycles. The number of hydrogen-bond acceptors (Lipinski definition) is 1. The zero-order valence-corrected chi connectivity index (χ0v) is 12.7. The molecule has 0 amide bonds. The van der Waals surface area contributed by atoms with Crippen LogP contribution in [0.1, 0.15) is 57.4 Å². The summed E-state index contributed by atoms with van der Waals surface area (Å²) >= 11 is 0. The molecular formula is C19H25N. The monoisotopic (exact) mass is 267 g/mol. The van der Waals surface area contributed by atoms with Crippen molar-refractivity contribution in [1.29, 1.82) is 0 Å². The summed E-state index contributed by atoms with van der Waals surface area (Å²) in [6, 6.07) is 10.9. The van der Waals surface area contributed by atoms with Crippen LogP contribution in [0.5, 0.6) is 0 Å². The first-order valence-electron chi connectivity index (χ1n) is 7.86. The van der Waals surface area contributed by atoms with Crippen LogP contribution >= 0.6 is 0 Å². The summed E-state index contributed by atoms with van der Waals surface area (Å²) in [5, 5.41) is 1.25. The highest BCUT2D eigenvalue weighted by Gasteiger charge is 2.08. The molecule has 1 nitrogen and oxygen atoms in total. The number of rotatable bonds is 7. The van der Waals surface area contributed by atoms with Gasteiger partial charge in [0.1, 0.15) is 0 Å². The van der Waals surface area contributed by atoms with E-state index in [1.165, 1.54) is 43.1 Å². The summed E-state index contributed by atoms with van der Waals surface area (Å²) in [7, 11) is 0. The summed E-state index contributed by atoms with van der Waals surface area (Å²) in [4.78, 5) is 4.40. The van der Waals surface area contributed by atoms with E-state index in [0.29, 0.717) is 5.92 Å². The molecule has 0 saturated carbocycles. The first-order chi connectivity index (χ1) is 9.85. The van der Waals surface area contributed by atoms with E-state index < -0.39 is 0 Å². The number of allylic oxidation sites excluding steroid dienone is 2. The SMILES string of the molecule is CCC/C=C/C(CCCC)c1ccc2ncccc2c1. The Morgan fingerprint density at radius 2 is 2.05 bits per heavy atom. The Morgan fingerprint density at radius 1 is 1.15 bits per heavy atom. The molecule has 0 aliphatic rings. The van der Waals surface area contributed by atoms with Crippen molar-refractivity contribution in [3.05, 3.63) is 54.2 Å². The summed E-state index contributed by atoms with van der Waals surface area (Å²) < 4.78 is 0. The predicted octanol–water partition coefficient (Wildman–Crippen LogP) is 5.86. The van der Waals surface area contributed by atoms with Crippen LogP contribution in [0.3, 0.4) is 0 Å². The number of unbranched alkanes of at least 4 members (excludes halogenated alkanes) is 2. The van der Waals surface area contributed by atoms with Crippen molar-refractivity contribution >= 4 is 10.9 Å². The van der Waals surface area contributed by atoms with Crippen LogP contribution in [0, 0.1) is 0 Å². The normalized spacial score (nSPS) is 13.1. The molecule has 1 aromatic carbocycles. The van der Waals surface area contributed by atoms with Gasteiger partial charge in [0, 0.05) is 17.5 Å². The molecule has 0 aliphatic carbocycles. The van der Waals surface area contributed by atoms with Crippen molar-refractivity contribution in [3.8, 4) is 0 Å². The Bertz CT molecular complexity index is 556. The summed E-state index contributed by atoms with van der Waals surface area (Å²) in [6.07, 6.45) is 12.8. The molecule has 1 aromatic heterocycles. The fraction of sp³-hybridized carbons (Fsp3) is 0.421. The highest BCUT2D eigenvalue weighted by Crippen LogP contribution is 2.26. The van der Waals surface area contributed by atoms with Gasteiger partial charge in [-0.05, 0) is 36.6 Å². The van der Waals surface area contributed by atoms with Gasteiger partial charge in [-0.15, -0.1) is 0 Å². The quantitative estimate of drug-likeness (QED) is 0.572. The average molecular weight is 267 g/mol. The van der Waals surface area contributed by atoms with E-state index in [4.69, 9.17) is 0 Å². The second kappa shape index (κ2) is 7.84. The van der Waals surface area contributed by atoms with Crippen molar-refractivity contribution in [2.45, 2.75) is 51.9 Å². The second-order valence-electron chi connectivity index (χ2n) is 5.42. The van der Waals surface area contributed by atoms with Gasteiger partial charge in [-0.3, -0.25) is 4.98 Å². The minimum atomic E-state index is 0.547. The van der Waals surface area contributed by atoms with Crippen molar-refractivity contribution in [3.63, 3.8) is 0 Å². The number of benzene rings is 1. The van der Waals surface area contributed by atoms with Gasteiger partial charge in [0.05, 0.1) is 5.52 Å². The van der Waals surface area contributed by atoms with Crippen LogP contribution in [0.2, 0.25) is 0 Å². The van der Waals surface area contributed by atoms with Gasteiger partial charge in [0.15, 0.2) is 0 Å². The van der Waals surface area contributed by atoms with E-state index in [9.17, 15) is 0 Å². The Balaban J connectivity index is 2.24. The van der Waals surface area contributed by atoms with Crippen LogP contribution in [-0.2, 0) is 0 Å². The third-order valence-corrected chi connectivity index (χ3v) is 3.75. The van der Waals surface area contributed by atoms with E-state index in [-0.39, 0.29) is 0 Å². The number of hydrogen-bond donors (Lipinski definition) is 0. The molecule has 0 N–H and O–H groups in total.